The first-order valence-corrected chi connectivity index (χ1v) is 8.56. The molecule has 0 saturated heterocycles. The van der Waals surface area contributed by atoms with Crippen molar-refractivity contribution in [1.82, 2.24) is 5.32 Å². The predicted octanol–water partition coefficient (Wildman–Crippen LogP) is 3.63. The molecule has 0 heterocycles. The van der Waals surface area contributed by atoms with E-state index in [1.54, 1.807) is 0 Å². The van der Waals surface area contributed by atoms with Gasteiger partial charge in [0.1, 0.15) is 0 Å². The van der Waals surface area contributed by atoms with Gasteiger partial charge in [0.2, 0.25) is 5.91 Å². The Balaban J connectivity index is 4.12. The van der Waals surface area contributed by atoms with Crippen LogP contribution in [0.2, 0.25) is 0 Å². The zero-order valence-electron chi connectivity index (χ0n) is 15.8. The lowest BCUT2D eigenvalue weighted by Gasteiger charge is -2.39. The van der Waals surface area contributed by atoms with Crippen LogP contribution >= 0.6 is 0 Å². The number of nitrogens with two attached hydrogens (primary N) is 1. The van der Waals surface area contributed by atoms with Crippen LogP contribution < -0.4 is 11.1 Å². The van der Waals surface area contributed by atoms with Gasteiger partial charge in [-0.3, -0.25) is 4.79 Å². The van der Waals surface area contributed by atoms with Crippen LogP contribution in [0.1, 0.15) is 80.6 Å². The van der Waals surface area contributed by atoms with Crippen molar-refractivity contribution in [3.8, 4) is 0 Å². The minimum Gasteiger partial charge on any atom is -0.375 e. The van der Waals surface area contributed by atoms with Crippen molar-refractivity contribution in [3.05, 3.63) is 0 Å². The molecule has 0 rings (SSSR count). The van der Waals surface area contributed by atoms with E-state index >= 15 is 0 Å². The molecule has 0 aliphatic rings. The molecule has 0 unspecified atom stereocenters. The summed E-state index contributed by atoms with van der Waals surface area (Å²) in [7, 11) is 0. The van der Waals surface area contributed by atoms with Crippen molar-refractivity contribution in [2.45, 2.75) is 91.7 Å². The van der Waals surface area contributed by atoms with Crippen molar-refractivity contribution < 1.29 is 9.53 Å². The summed E-state index contributed by atoms with van der Waals surface area (Å²) in [6, 6.07) is 0. The predicted molar refractivity (Wildman–Crippen MR) is 93.8 cm³/mol. The van der Waals surface area contributed by atoms with Gasteiger partial charge in [-0.15, -0.1) is 0 Å². The fourth-order valence-electron chi connectivity index (χ4n) is 1.89. The lowest BCUT2D eigenvalue weighted by Crippen LogP contribution is -2.46. The summed E-state index contributed by atoms with van der Waals surface area (Å²) in [5.41, 5.74) is 5.12. The monoisotopic (exact) mass is 314 g/mol. The molecule has 4 nitrogen and oxygen atoms in total. The number of amides is 1. The van der Waals surface area contributed by atoms with Crippen molar-refractivity contribution in [1.29, 1.82) is 0 Å². The third-order valence-corrected chi connectivity index (χ3v) is 4.58. The second-order valence-corrected chi connectivity index (χ2v) is 8.39. The molecule has 4 heteroatoms. The molecule has 0 aliphatic carbocycles. The van der Waals surface area contributed by atoms with Crippen LogP contribution in [-0.2, 0) is 9.53 Å². The van der Waals surface area contributed by atoms with Gasteiger partial charge in [-0.2, -0.15) is 0 Å². The first kappa shape index (κ1) is 21.4. The molecule has 1 amide bonds. The quantitative estimate of drug-likeness (QED) is 0.605. The summed E-state index contributed by atoms with van der Waals surface area (Å²) in [5, 5.41) is 3.11. The first-order chi connectivity index (χ1) is 9.91. The van der Waals surface area contributed by atoms with Crippen LogP contribution in [0.3, 0.4) is 0 Å². The van der Waals surface area contributed by atoms with Gasteiger partial charge in [0.15, 0.2) is 0 Å². The summed E-state index contributed by atoms with van der Waals surface area (Å²) >= 11 is 0. The van der Waals surface area contributed by atoms with Crippen molar-refractivity contribution >= 4 is 5.91 Å². The molecule has 22 heavy (non-hydrogen) atoms. The molecule has 0 spiro atoms. The van der Waals surface area contributed by atoms with Gasteiger partial charge in [0.25, 0.3) is 0 Å². The van der Waals surface area contributed by atoms with Gasteiger partial charge >= 0.3 is 0 Å². The lowest BCUT2D eigenvalue weighted by atomic mass is 9.79. The number of carbonyl (C=O) groups excluding carboxylic acids is 1. The highest BCUT2D eigenvalue weighted by Gasteiger charge is 2.34. The Morgan fingerprint density at radius 3 is 2.09 bits per heavy atom. The molecule has 0 aromatic heterocycles. The molecule has 0 radical (unpaired) electrons. The number of hydrogen-bond acceptors (Lipinski definition) is 3. The van der Waals surface area contributed by atoms with E-state index in [0.717, 1.165) is 25.7 Å². The Hall–Kier alpha value is -0.610. The summed E-state index contributed by atoms with van der Waals surface area (Å²) in [6.07, 6.45) is 4.31. The second-order valence-electron chi connectivity index (χ2n) is 8.39. The number of hydrogen-bond donors (Lipinski definition) is 2. The number of carbonyl (C=O) groups is 1. The normalized spacial score (nSPS) is 13.3. The second kappa shape index (κ2) is 8.88. The Morgan fingerprint density at radius 1 is 1.00 bits per heavy atom. The minimum absolute atomic E-state index is 0.0867. The fourth-order valence-corrected chi connectivity index (χ4v) is 1.89. The van der Waals surface area contributed by atoms with E-state index in [2.05, 4.69) is 53.8 Å². The Bertz CT molecular complexity index is 330. The number of nitrogens with one attached hydrogen (secondary N) is 1. The molecule has 0 aromatic rings. The van der Waals surface area contributed by atoms with E-state index in [1.165, 1.54) is 0 Å². The van der Waals surface area contributed by atoms with Gasteiger partial charge in [0, 0.05) is 18.6 Å². The Labute approximate surface area is 137 Å². The van der Waals surface area contributed by atoms with Gasteiger partial charge in [-0.1, -0.05) is 27.2 Å². The van der Waals surface area contributed by atoms with Gasteiger partial charge in [0.05, 0.1) is 5.60 Å². The fraction of sp³-hybridized carbons (Fsp3) is 0.944. The minimum atomic E-state index is -0.237. The maximum atomic E-state index is 12.0. The van der Waals surface area contributed by atoms with Gasteiger partial charge in [-0.05, 0) is 58.9 Å². The van der Waals surface area contributed by atoms with Crippen LogP contribution in [0.4, 0.5) is 0 Å². The molecule has 0 atom stereocenters. The number of ether oxygens (including phenoxy) is 1. The maximum Gasteiger partial charge on any atom is 0.220 e. The molecule has 0 aliphatic heterocycles. The summed E-state index contributed by atoms with van der Waals surface area (Å²) < 4.78 is 6.06. The van der Waals surface area contributed by atoms with Crippen LogP contribution in [0, 0.1) is 5.41 Å². The average molecular weight is 315 g/mol. The summed E-state index contributed by atoms with van der Waals surface area (Å²) in [6.45, 7) is 16.2. The summed E-state index contributed by atoms with van der Waals surface area (Å²) in [5.74, 6) is 0.122. The Morgan fingerprint density at radius 2 is 1.59 bits per heavy atom. The van der Waals surface area contributed by atoms with E-state index in [1.807, 2.05) is 0 Å². The molecule has 0 bridgehead atoms. The van der Waals surface area contributed by atoms with Crippen LogP contribution in [0.25, 0.3) is 0 Å². The zero-order valence-corrected chi connectivity index (χ0v) is 15.8. The average Bonchev–Trinajstić information content (AvgIpc) is 2.32. The molecular formula is C18H38N2O2. The topological polar surface area (TPSA) is 64.3 Å². The standard InChI is InChI=1S/C18H38N2O2/c1-16(2,3)18(6,7)22-14-12-17(4,5)20-15(21)11-9-8-10-13-19/h8-14,19H2,1-7H3,(H,20,21). The largest absolute Gasteiger partial charge is 0.375 e. The van der Waals surface area contributed by atoms with Crippen molar-refractivity contribution in [2.24, 2.45) is 11.1 Å². The van der Waals surface area contributed by atoms with E-state index in [9.17, 15) is 4.79 Å². The van der Waals surface area contributed by atoms with E-state index in [-0.39, 0.29) is 22.5 Å². The SMILES string of the molecule is CC(C)(CCOC(C)(C)C(C)(C)C)NC(=O)CCCCCN. The summed E-state index contributed by atoms with van der Waals surface area (Å²) in [4.78, 5) is 12.0. The maximum absolute atomic E-state index is 12.0. The number of unbranched alkanes of at least 4 members (excludes halogenated alkanes) is 2. The first-order valence-electron chi connectivity index (χ1n) is 8.56. The van der Waals surface area contributed by atoms with Crippen LogP contribution in [-0.4, -0.2) is 30.2 Å². The third-order valence-electron chi connectivity index (χ3n) is 4.58. The van der Waals surface area contributed by atoms with E-state index in [4.69, 9.17) is 10.5 Å². The molecule has 0 saturated carbocycles. The van der Waals surface area contributed by atoms with Gasteiger partial charge < -0.3 is 15.8 Å². The highest BCUT2D eigenvalue weighted by atomic mass is 16.5. The molecular weight excluding hydrogens is 276 g/mol. The smallest absolute Gasteiger partial charge is 0.220 e. The number of rotatable bonds is 10. The third kappa shape index (κ3) is 8.74. The van der Waals surface area contributed by atoms with Crippen LogP contribution in [0.15, 0.2) is 0 Å². The highest BCUT2D eigenvalue weighted by molar-refractivity contribution is 5.76. The van der Waals surface area contributed by atoms with Crippen molar-refractivity contribution in [3.63, 3.8) is 0 Å². The lowest BCUT2D eigenvalue weighted by molar-refractivity contribution is -0.123. The van der Waals surface area contributed by atoms with Crippen molar-refractivity contribution in [2.75, 3.05) is 13.2 Å². The van der Waals surface area contributed by atoms with Gasteiger partial charge in [-0.25, -0.2) is 0 Å². The molecule has 0 aromatic carbocycles. The molecule has 3 N–H and O–H groups in total. The zero-order chi connectivity index (χ0) is 17.4. The van der Waals surface area contributed by atoms with E-state index in [0.29, 0.717) is 19.6 Å². The molecule has 132 valence electrons. The Kier molecular flexibility index (Phi) is 8.63. The highest BCUT2D eigenvalue weighted by Crippen LogP contribution is 2.33. The molecule has 0 fully saturated rings. The van der Waals surface area contributed by atoms with E-state index < -0.39 is 0 Å². The van der Waals surface area contributed by atoms with Crippen LogP contribution in [0.5, 0.6) is 0 Å².